The van der Waals surface area contributed by atoms with E-state index in [1.165, 1.54) is 11.1 Å². The first-order chi connectivity index (χ1) is 9.63. The lowest BCUT2D eigenvalue weighted by molar-refractivity contribution is 0.585. The average Bonchev–Trinajstić information content (AvgIpc) is 2.39. The highest BCUT2D eigenvalue weighted by Gasteiger charge is 2.22. The maximum Gasteiger partial charge on any atom is 0.137 e. The number of hydrogen-bond acceptors (Lipinski definition) is 2. The molecule has 1 nitrogen and oxygen atoms in total. The molecule has 1 atom stereocenters. The Morgan fingerprint density at radius 2 is 1.90 bits per heavy atom. The number of rotatable bonds is 2. The zero-order valence-corrected chi connectivity index (χ0v) is 12.6. The van der Waals surface area contributed by atoms with Crippen LogP contribution in [0.1, 0.15) is 29.2 Å². The molecule has 0 fully saturated rings. The van der Waals surface area contributed by atoms with Crippen LogP contribution >= 0.6 is 11.8 Å². The molecule has 2 aromatic carbocycles. The van der Waals surface area contributed by atoms with Gasteiger partial charge >= 0.3 is 0 Å². The van der Waals surface area contributed by atoms with E-state index in [0.29, 0.717) is 0 Å². The van der Waals surface area contributed by atoms with E-state index in [9.17, 15) is 4.39 Å². The van der Waals surface area contributed by atoms with Gasteiger partial charge in [0.05, 0.1) is 6.04 Å². The maximum absolute atomic E-state index is 13.9. The monoisotopic (exact) mass is 287 g/mol. The molecule has 0 radical (unpaired) electrons. The van der Waals surface area contributed by atoms with Gasteiger partial charge in [-0.3, -0.25) is 0 Å². The Labute approximate surface area is 123 Å². The van der Waals surface area contributed by atoms with Crippen molar-refractivity contribution in [1.29, 1.82) is 0 Å². The number of aryl methyl sites for hydroxylation is 2. The van der Waals surface area contributed by atoms with Crippen LogP contribution in [-0.4, -0.2) is 5.75 Å². The zero-order chi connectivity index (χ0) is 14.1. The number of thioether (sulfide) groups is 1. The Balaban J connectivity index is 1.91. The van der Waals surface area contributed by atoms with Gasteiger partial charge < -0.3 is 5.32 Å². The van der Waals surface area contributed by atoms with Crippen LogP contribution in [0.5, 0.6) is 0 Å². The first-order valence-electron chi connectivity index (χ1n) is 6.89. The van der Waals surface area contributed by atoms with Crippen LogP contribution in [0, 0.1) is 19.7 Å². The molecule has 1 N–H and O–H groups in total. The third-order valence-corrected chi connectivity index (χ3v) is 4.75. The molecule has 0 aromatic heterocycles. The van der Waals surface area contributed by atoms with E-state index in [1.807, 2.05) is 6.07 Å². The Kier molecular flexibility index (Phi) is 3.70. The minimum absolute atomic E-state index is 0.0978. The van der Waals surface area contributed by atoms with E-state index in [4.69, 9.17) is 0 Å². The third-order valence-electron chi connectivity index (χ3n) is 3.59. The molecule has 0 saturated heterocycles. The van der Waals surface area contributed by atoms with Crippen molar-refractivity contribution >= 4 is 17.4 Å². The van der Waals surface area contributed by atoms with Crippen LogP contribution in [-0.2, 0) is 0 Å². The largest absolute Gasteiger partial charge is 0.378 e. The lowest BCUT2D eigenvalue weighted by Crippen LogP contribution is -2.17. The SMILES string of the molecule is Cc1cc(C)cc(NC2CCSc3c(F)cccc32)c1. The molecule has 1 aliphatic rings. The minimum atomic E-state index is -0.0978. The summed E-state index contributed by atoms with van der Waals surface area (Å²) in [5, 5.41) is 3.57. The van der Waals surface area contributed by atoms with E-state index in [-0.39, 0.29) is 11.9 Å². The van der Waals surface area contributed by atoms with Crippen LogP contribution in [0.3, 0.4) is 0 Å². The lowest BCUT2D eigenvalue weighted by atomic mass is 10.0. The summed E-state index contributed by atoms with van der Waals surface area (Å²) in [5.41, 5.74) is 4.70. The quantitative estimate of drug-likeness (QED) is 0.825. The van der Waals surface area contributed by atoms with Gasteiger partial charge in [0.15, 0.2) is 0 Å². The third kappa shape index (κ3) is 2.68. The lowest BCUT2D eigenvalue weighted by Gasteiger charge is -2.27. The van der Waals surface area contributed by atoms with Gasteiger partial charge in [-0.2, -0.15) is 0 Å². The van der Waals surface area contributed by atoms with Crippen LogP contribution in [0.4, 0.5) is 10.1 Å². The molecular weight excluding hydrogens is 269 g/mol. The highest BCUT2D eigenvalue weighted by Crippen LogP contribution is 2.39. The van der Waals surface area contributed by atoms with Crippen molar-refractivity contribution in [3.05, 3.63) is 58.9 Å². The number of halogens is 1. The van der Waals surface area contributed by atoms with Crippen LogP contribution in [0.15, 0.2) is 41.3 Å². The maximum atomic E-state index is 13.9. The number of anilines is 1. The van der Waals surface area contributed by atoms with Gasteiger partial charge in [0, 0.05) is 16.3 Å². The molecule has 1 heterocycles. The van der Waals surface area contributed by atoms with E-state index < -0.39 is 0 Å². The number of benzene rings is 2. The highest BCUT2D eigenvalue weighted by molar-refractivity contribution is 7.99. The van der Waals surface area contributed by atoms with E-state index in [2.05, 4.69) is 37.4 Å². The fourth-order valence-electron chi connectivity index (χ4n) is 2.80. The predicted molar refractivity (Wildman–Crippen MR) is 84.0 cm³/mol. The van der Waals surface area contributed by atoms with Gasteiger partial charge in [0.2, 0.25) is 0 Å². The molecular formula is C17H18FNS. The van der Waals surface area contributed by atoms with Crippen molar-refractivity contribution in [3.8, 4) is 0 Å². The number of hydrogen-bond donors (Lipinski definition) is 1. The molecule has 0 saturated carbocycles. The van der Waals surface area contributed by atoms with Crippen LogP contribution in [0.25, 0.3) is 0 Å². The molecule has 20 heavy (non-hydrogen) atoms. The fourth-order valence-corrected chi connectivity index (χ4v) is 3.94. The Bertz CT molecular complexity index is 619. The summed E-state index contributed by atoms with van der Waals surface area (Å²) in [4.78, 5) is 0.806. The topological polar surface area (TPSA) is 12.0 Å². The van der Waals surface area contributed by atoms with Crippen molar-refractivity contribution < 1.29 is 4.39 Å². The van der Waals surface area contributed by atoms with Crippen molar-refractivity contribution in [2.75, 3.05) is 11.1 Å². The van der Waals surface area contributed by atoms with Crippen molar-refractivity contribution in [2.45, 2.75) is 31.2 Å². The Morgan fingerprint density at radius 1 is 1.15 bits per heavy atom. The van der Waals surface area contributed by atoms with Gasteiger partial charge in [-0.15, -0.1) is 11.8 Å². The predicted octanol–water partition coefficient (Wildman–Crippen LogP) is 5.09. The van der Waals surface area contributed by atoms with E-state index in [0.717, 1.165) is 28.3 Å². The standard InChI is InChI=1S/C17H18FNS/c1-11-8-12(2)10-13(9-11)19-16-6-7-20-17-14(16)4-3-5-15(17)18/h3-5,8-10,16,19H,6-7H2,1-2H3. The van der Waals surface area contributed by atoms with Gasteiger partial charge in [-0.1, -0.05) is 18.2 Å². The van der Waals surface area contributed by atoms with Crippen LogP contribution in [0.2, 0.25) is 0 Å². The second-order valence-electron chi connectivity index (χ2n) is 5.37. The van der Waals surface area contributed by atoms with Gasteiger partial charge in [-0.05, 0) is 55.2 Å². The highest BCUT2D eigenvalue weighted by atomic mass is 32.2. The van der Waals surface area contributed by atoms with Crippen molar-refractivity contribution in [1.82, 2.24) is 0 Å². The number of fused-ring (bicyclic) bond motifs is 1. The number of nitrogens with one attached hydrogen (secondary N) is 1. The molecule has 0 amide bonds. The normalized spacial score (nSPS) is 17.6. The first kappa shape index (κ1) is 13.5. The van der Waals surface area contributed by atoms with Crippen molar-refractivity contribution in [3.63, 3.8) is 0 Å². The Hall–Kier alpha value is -1.48. The summed E-state index contributed by atoms with van der Waals surface area (Å²) in [7, 11) is 0. The van der Waals surface area contributed by atoms with E-state index in [1.54, 1.807) is 23.9 Å². The Morgan fingerprint density at radius 3 is 2.65 bits per heavy atom. The summed E-state index contributed by atoms with van der Waals surface area (Å²) in [6.45, 7) is 4.20. The molecule has 0 aliphatic carbocycles. The molecule has 104 valence electrons. The molecule has 2 aromatic rings. The molecule has 1 aliphatic heterocycles. The summed E-state index contributed by atoms with van der Waals surface area (Å²) < 4.78 is 13.9. The molecule has 1 unspecified atom stereocenters. The second kappa shape index (κ2) is 5.49. The fraction of sp³-hybridized carbons (Fsp3) is 0.294. The average molecular weight is 287 g/mol. The smallest absolute Gasteiger partial charge is 0.137 e. The summed E-state index contributed by atoms with van der Waals surface area (Å²) in [6, 6.07) is 12.0. The molecule has 3 heteroatoms. The first-order valence-corrected chi connectivity index (χ1v) is 7.88. The van der Waals surface area contributed by atoms with Crippen LogP contribution < -0.4 is 5.32 Å². The van der Waals surface area contributed by atoms with Crippen molar-refractivity contribution in [2.24, 2.45) is 0 Å². The van der Waals surface area contributed by atoms with Gasteiger partial charge in [-0.25, -0.2) is 4.39 Å². The summed E-state index contributed by atoms with van der Waals surface area (Å²) >= 11 is 1.62. The summed E-state index contributed by atoms with van der Waals surface area (Å²) in [6.07, 6.45) is 1.02. The van der Waals surface area contributed by atoms with E-state index >= 15 is 0 Å². The molecule has 3 rings (SSSR count). The second-order valence-corrected chi connectivity index (χ2v) is 6.47. The van der Waals surface area contributed by atoms with Gasteiger partial charge in [0.25, 0.3) is 0 Å². The summed E-state index contributed by atoms with van der Waals surface area (Å²) in [5.74, 6) is 0.857. The minimum Gasteiger partial charge on any atom is -0.378 e. The molecule has 0 bridgehead atoms. The zero-order valence-electron chi connectivity index (χ0n) is 11.7. The van der Waals surface area contributed by atoms with Gasteiger partial charge in [0.1, 0.15) is 5.82 Å². The molecule has 0 spiro atoms.